The first-order chi connectivity index (χ1) is 12.9. The van der Waals surface area contributed by atoms with E-state index in [0.717, 1.165) is 32.5 Å². The van der Waals surface area contributed by atoms with Crippen LogP contribution in [0.25, 0.3) is 10.2 Å². The molecule has 5 nitrogen and oxygen atoms in total. The summed E-state index contributed by atoms with van der Waals surface area (Å²) in [5.41, 5.74) is 1.94. The summed E-state index contributed by atoms with van der Waals surface area (Å²) in [4.78, 5) is 24.0. The number of hydrogen-bond acceptors (Lipinski definition) is 6. The van der Waals surface area contributed by atoms with Crippen molar-refractivity contribution in [2.75, 3.05) is 11.9 Å². The number of fused-ring (bicyclic) bond motifs is 1. The number of aryl methyl sites for hydroxylation is 3. The lowest BCUT2D eigenvalue weighted by Gasteiger charge is -2.13. The molecule has 2 aromatic heterocycles. The van der Waals surface area contributed by atoms with E-state index >= 15 is 0 Å². The zero-order chi connectivity index (χ0) is 19.6. The van der Waals surface area contributed by atoms with Gasteiger partial charge in [0, 0.05) is 16.0 Å². The summed E-state index contributed by atoms with van der Waals surface area (Å²) < 4.78 is 5.43. The molecular weight excluding hydrogens is 378 g/mol. The maximum Gasteiger partial charge on any atom is 0.237 e. The average Bonchev–Trinajstić information content (AvgIpc) is 2.90. The first-order valence-electron chi connectivity index (χ1n) is 8.83. The number of thioether (sulfide) groups is 1. The van der Waals surface area contributed by atoms with Gasteiger partial charge in [0.25, 0.3) is 0 Å². The molecule has 0 saturated heterocycles. The third-order valence-electron chi connectivity index (χ3n) is 4.20. The molecule has 0 aliphatic heterocycles. The van der Waals surface area contributed by atoms with Gasteiger partial charge >= 0.3 is 0 Å². The van der Waals surface area contributed by atoms with Gasteiger partial charge in [-0.1, -0.05) is 11.8 Å². The van der Waals surface area contributed by atoms with Crippen molar-refractivity contribution in [1.29, 1.82) is 0 Å². The van der Waals surface area contributed by atoms with E-state index in [1.807, 2.05) is 45.0 Å². The van der Waals surface area contributed by atoms with Crippen molar-refractivity contribution in [1.82, 2.24) is 9.97 Å². The molecule has 0 spiro atoms. The fraction of sp³-hybridized carbons (Fsp3) is 0.350. The molecule has 0 radical (unpaired) electrons. The number of aromatic nitrogens is 2. The number of hydrogen-bond donors (Lipinski definition) is 1. The van der Waals surface area contributed by atoms with Crippen molar-refractivity contribution in [3.05, 3.63) is 40.5 Å². The lowest BCUT2D eigenvalue weighted by atomic mass is 10.2. The number of ether oxygens (including phenoxy) is 1. The Bertz CT molecular complexity index is 968. The van der Waals surface area contributed by atoms with Crippen LogP contribution in [-0.2, 0) is 4.79 Å². The summed E-state index contributed by atoms with van der Waals surface area (Å²) in [5, 5.41) is 4.61. The number of benzene rings is 1. The number of carbonyl (C=O) groups excluding carboxylic acids is 1. The number of rotatable bonds is 6. The third-order valence-corrected chi connectivity index (χ3v) is 6.39. The highest BCUT2D eigenvalue weighted by Gasteiger charge is 2.20. The number of thiophene rings is 1. The van der Waals surface area contributed by atoms with Gasteiger partial charge in [-0.2, -0.15) is 0 Å². The van der Waals surface area contributed by atoms with Crippen LogP contribution in [0.5, 0.6) is 5.75 Å². The Labute approximate surface area is 167 Å². The minimum Gasteiger partial charge on any atom is -0.494 e. The molecule has 3 rings (SSSR count). The van der Waals surface area contributed by atoms with Crippen LogP contribution in [0.2, 0.25) is 0 Å². The highest BCUT2D eigenvalue weighted by Crippen LogP contribution is 2.36. The van der Waals surface area contributed by atoms with Crippen LogP contribution >= 0.6 is 23.1 Å². The molecule has 2 heterocycles. The normalized spacial score (nSPS) is 12.2. The third kappa shape index (κ3) is 4.42. The van der Waals surface area contributed by atoms with Crippen molar-refractivity contribution in [2.45, 2.75) is 44.9 Å². The predicted molar refractivity (Wildman–Crippen MR) is 113 cm³/mol. The topological polar surface area (TPSA) is 64.1 Å². The molecule has 142 valence electrons. The van der Waals surface area contributed by atoms with Crippen molar-refractivity contribution >= 4 is 44.9 Å². The summed E-state index contributed by atoms with van der Waals surface area (Å²) >= 11 is 3.15. The quantitative estimate of drug-likeness (QED) is 0.458. The zero-order valence-corrected chi connectivity index (χ0v) is 17.8. The molecule has 7 heteroatoms. The van der Waals surface area contributed by atoms with Crippen LogP contribution in [0.15, 0.2) is 29.3 Å². The Morgan fingerprint density at radius 1 is 1.22 bits per heavy atom. The van der Waals surface area contributed by atoms with Crippen LogP contribution in [0.3, 0.4) is 0 Å². The first-order valence-corrected chi connectivity index (χ1v) is 10.5. The molecule has 1 atom stereocenters. The summed E-state index contributed by atoms with van der Waals surface area (Å²) in [6.45, 7) is 10.5. The number of amides is 1. The van der Waals surface area contributed by atoms with Gasteiger partial charge in [0.15, 0.2) is 0 Å². The van der Waals surface area contributed by atoms with Crippen molar-refractivity contribution in [3.8, 4) is 5.75 Å². The highest BCUT2D eigenvalue weighted by molar-refractivity contribution is 8.00. The molecule has 0 aliphatic carbocycles. The summed E-state index contributed by atoms with van der Waals surface area (Å²) in [6, 6.07) is 7.40. The van der Waals surface area contributed by atoms with Gasteiger partial charge in [-0.25, -0.2) is 9.97 Å². The van der Waals surface area contributed by atoms with Gasteiger partial charge in [0.2, 0.25) is 5.91 Å². The van der Waals surface area contributed by atoms with E-state index in [0.29, 0.717) is 6.61 Å². The maximum absolute atomic E-state index is 12.6. The van der Waals surface area contributed by atoms with E-state index in [4.69, 9.17) is 4.74 Å². The second-order valence-electron chi connectivity index (χ2n) is 6.25. The molecule has 1 amide bonds. The van der Waals surface area contributed by atoms with Crippen molar-refractivity contribution in [2.24, 2.45) is 0 Å². The molecule has 0 aliphatic rings. The van der Waals surface area contributed by atoms with Gasteiger partial charge in [0.05, 0.1) is 11.9 Å². The SMILES string of the molecule is CCOc1ccc(NC(=O)[C@@H](C)Sc2nc(C)nc3sc(C)c(C)c23)cc1. The molecular formula is C20H23N3O2S2. The molecule has 27 heavy (non-hydrogen) atoms. The van der Waals surface area contributed by atoms with Gasteiger partial charge in [-0.15, -0.1) is 11.3 Å². The second kappa shape index (κ2) is 8.27. The Morgan fingerprint density at radius 3 is 2.59 bits per heavy atom. The summed E-state index contributed by atoms with van der Waals surface area (Å²) in [6.07, 6.45) is 0. The van der Waals surface area contributed by atoms with Crippen LogP contribution in [0.4, 0.5) is 5.69 Å². The van der Waals surface area contributed by atoms with Gasteiger partial charge in [-0.05, 0) is 64.4 Å². The number of nitrogens with zero attached hydrogens (tertiary/aromatic N) is 2. The lowest BCUT2D eigenvalue weighted by molar-refractivity contribution is -0.115. The van der Waals surface area contributed by atoms with Gasteiger partial charge in [-0.3, -0.25) is 4.79 Å². The van der Waals surface area contributed by atoms with Gasteiger partial charge in [0.1, 0.15) is 21.4 Å². The average molecular weight is 402 g/mol. The molecule has 0 unspecified atom stereocenters. The number of nitrogens with one attached hydrogen (secondary N) is 1. The van der Waals surface area contributed by atoms with E-state index in [1.54, 1.807) is 11.3 Å². The van der Waals surface area contributed by atoms with Crippen LogP contribution < -0.4 is 10.1 Å². The number of carbonyl (C=O) groups is 1. The van der Waals surface area contributed by atoms with Crippen LogP contribution in [0, 0.1) is 20.8 Å². The Hall–Kier alpha value is -2.12. The minimum atomic E-state index is -0.284. The maximum atomic E-state index is 12.6. The zero-order valence-electron chi connectivity index (χ0n) is 16.1. The molecule has 0 fully saturated rings. The Kier molecular flexibility index (Phi) is 6.01. The van der Waals surface area contributed by atoms with E-state index in [1.165, 1.54) is 22.2 Å². The Balaban J connectivity index is 1.76. The number of anilines is 1. The Morgan fingerprint density at radius 2 is 1.93 bits per heavy atom. The van der Waals surface area contributed by atoms with Crippen LogP contribution in [0.1, 0.15) is 30.1 Å². The first kappa shape index (κ1) is 19.6. The van der Waals surface area contributed by atoms with E-state index < -0.39 is 0 Å². The second-order valence-corrected chi connectivity index (χ2v) is 8.78. The van der Waals surface area contributed by atoms with Gasteiger partial charge < -0.3 is 10.1 Å². The van der Waals surface area contributed by atoms with E-state index in [-0.39, 0.29) is 11.2 Å². The van der Waals surface area contributed by atoms with E-state index in [9.17, 15) is 4.79 Å². The molecule has 3 aromatic rings. The molecule has 1 aromatic carbocycles. The molecule has 1 N–H and O–H groups in total. The standard InChI is InChI=1S/C20H23N3O2S2/c1-6-25-16-9-7-15(8-10-16)23-18(24)13(4)27-20-17-11(2)12(3)26-19(17)21-14(5)22-20/h7-10,13H,6H2,1-5H3,(H,23,24)/t13-/m1/s1. The van der Waals surface area contributed by atoms with Crippen LogP contribution in [-0.4, -0.2) is 27.7 Å². The molecule has 0 saturated carbocycles. The van der Waals surface area contributed by atoms with Crippen molar-refractivity contribution < 1.29 is 9.53 Å². The van der Waals surface area contributed by atoms with E-state index in [2.05, 4.69) is 29.1 Å². The predicted octanol–water partition coefficient (Wildman–Crippen LogP) is 5.13. The summed E-state index contributed by atoms with van der Waals surface area (Å²) in [5.74, 6) is 1.46. The monoisotopic (exact) mass is 401 g/mol. The fourth-order valence-electron chi connectivity index (χ4n) is 2.67. The molecule has 0 bridgehead atoms. The van der Waals surface area contributed by atoms with Crippen molar-refractivity contribution in [3.63, 3.8) is 0 Å². The highest BCUT2D eigenvalue weighted by atomic mass is 32.2. The summed E-state index contributed by atoms with van der Waals surface area (Å²) in [7, 11) is 0. The fourth-order valence-corrected chi connectivity index (χ4v) is 4.86. The largest absolute Gasteiger partial charge is 0.494 e. The minimum absolute atomic E-state index is 0.0572. The smallest absolute Gasteiger partial charge is 0.237 e. The lowest BCUT2D eigenvalue weighted by Crippen LogP contribution is -2.22.